The lowest BCUT2D eigenvalue weighted by Crippen LogP contribution is -1.92. The van der Waals surface area contributed by atoms with E-state index in [0.717, 1.165) is 0 Å². The minimum Gasteiger partial charge on any atom is -0.192 e. The van der Waals surface area contributed by atoms with E-state index in [0.29, 0.717) is 27.8 Å². The summed E-state index contributed by atoms with van der Waals surface area (Å²) in [5.74, 6) is 0. The van der Waals surface area contributed by atoms with Crippen LogP contribution in [0, 0.1) is 34.0 Å². The number of nitrogens with zero attached hydrogens (tertiary/aromatic N) is 3. The number of benzene rings is 2. The van der Waals surface area contributed by atoms with E-state index < -0.39 is 0 Å². The SMILES string of the molecule is N#Cc1ccccc1-c1c(C#N)cccc1C#N. The Bertz CT molecular complexity index is 692. The molecule has 0 atom stereocenters. The predicted molar refractivity (Wildman–Crippen MR) is 66.0 cm³/mol. The molecule has 82 valence electrons. The van der Waals surface area contributed by atoms with Crippen molar-refractivity contribution in [1.29, 1.82) is 15.8 Å². The van der Waals surface area contributed by atoms with Crippen molar-refractivity contribution in [3.63, 3.8) is 0 Å². The van der Waals surface area contributed by atoms with Gasteiger partial charge in [0.1, 0.15) is 0 Å². The predicted octanol–water partition coefficient (Wildman–Crippen LogP) is 2.97. The summed E-state index contributed by atoms with van der Waals surface area (Å²) >= 11 is 0. The Morgan fingerprint density at radius 2 is 1.11 bits per heavy atom. The molecule has 18 heavy (non-hydrogen) atoms. The van der Waals surface area contributed by atoms with Crippen molar-refractivity contribution in [2.45, 2.75) is 0 Å². The van der Waals surface area contributed by atoms with Gasteiger partial charge in [-0.15, -0.1) is 0 Å². The van der Waals surface area contributed by atoms with Gasteiger partial charge in [0.25, 0.3) is 0 Å². The average molecular weight is 229 g/mol. The molecule has 2 aromatic rings. The molecule has 3 nitrogen and oxygen atoms in total. The third-order valence-corrected chi connectivity index (χ3v) is 2.62. The molecular formula is C15H7N3. The highest BCUT2D eigenvalue weighted by molar-refractivity contribution is 5.80. The summed E-state index contributed by atoms with van der Waals surface area (Å²) in [6.07, 6.45) is 0. The van der Waals surface area contributed by atoms with E-state index in [1.807, 2.05) is 0 Å². The molecule has 0 aliphatic heterocycles. The van der Waals surface area contributed by atoms with Crippen LogP contribution in [0.1, 0.15) is 16.7 Å². The molecule has 0 heterocycles. The maximum atomic E-state index is 9.12. The zero-order valence-corrected chi connectivity index (χ0v) is 9.38. The topological polar surface area (TPSA) is 71.4 Å². The summed E-state index contributed by atoms with van der Waals surface area (Å²) in [6, 6.07) is 18.1. The molecule has 0 aromatic heterocycles. The Labute approximate surface area is 105 Å². The van der Waals surface area contributed by atoms with Gasteiger partial charge in [0.05, 0.1) is 34.9 Å². The first-order valence-corrected chi connectivity index (χ1v) is 5.24. The summed E-state index contributed by atoms with van der Waals surface area (Å²) in [4.78, 5) is 0. The van der Waals surface area contributed by atoms with Crippen molar-refractivity contribution in [3.8, 4) is 29.3 Å². The normalized spacial score (nSPS) is 8.94. The molecule has 0 saturated carbocycles. The number of hydrogen-bond acceptors (Lipinski definition) is 3. The van der Waals surface area contributed by atoms with Gasteiger partial charge in [0.15, 0.2) is 0 Å². The van der Waals surface area contributed by atoms with Crippen LogP contribution in [-0.2, 0) is 0 Å². The third-order valence-electron chi connectivity index (χ3n) is 2.62. The highest BCUT2D eigenvalue weighted by Gasteiger charge is 2.13. The van der Waals surface area contributed by atoms with Crippen LogP contribution in [0.15, 0.2) is 42.5 Å². The van der Waals surface area contributed by atoms with Crippen LogP contribution in [0.5, 0.6) is 0 Å². The van der Waals surface area contributed by atoms with E-state index in [1.165, 1.54) is 0 Å². The summed E-state index contributed by atoms with van der Waals surface area (Å²) in [5, 5.41) is 27.3. The number of rotatable bonds is 1. The Morgan fingerprint density at radius 1 is 0.611 bits per heavy atom. The van der Waals surface area contributed by atoms with Crippen molar-refractivity contribution in [2.75, 3.05) is 0 Å². The molecule has 0 radical (unpaired) electrons. The van der Waals surface area contributed by atoms with E-state index in [-0.39, 0.29) is 0 Å². The quantitative estimate of drug-likeness (QED) is 0.754. The van der Waals surface area contributed by atoms with Crippen LogP contribution in [0.25, 0.3) is 11.1 Å². The zero-order chi connectivity index (χ0) is 13.0. The Hall–Kier alpha value is -3.09. The largest absolute Gasteiger partial charge is 0.192 e. The van der Waals surface area contributed by atoms with Gasteiger partial charge >= 0.3 is 0 Å². The molecule has 0 N–H and O–H groups in total. The second-order valence-corrected chi connectivity index (χ2v) is 3.61. The monoisotopic (exact) mass is 229 g/mol. The first-order valence-electron chi connectivity index (χ1n) is 5.24. The van der Waals surface area contributed by atoms with Gasteiger partial charge in [-0.2, -0.15) is 15.8 Å². The lowest BCUT2D eigenvalue weighted by Gasteiger charge is -2.08. The minimum absolute atomic E-state index is 0.400. The fourth-order valence-electron chi connectivity index (χ4n) is 1.83. The molecule has 0 spiro atoms. The summed E-state index contributed by atoms with van der Waals surface area (Å²) in [7, 11) is 0. The second kappa shape index (κ2) is 4.83. The highest BCUT2D eigenvalue weighted by atomic mass is 14.3. The van der Waals surface area contributed by atoms with E-state index in [4.69, 9.17) is 15.8 Å². The van der Waals surface area contributed by atoms with Crippen molar-refractivity contribution < 1.29 is 0 Å². The van der Waals surface area contributed by atoms with Crippen LogP contribution in [0.3, 0.4) is 0 Å². The molecule has 0 amide bonds. The molecular weight excluding hydrogens is 222 g/mol. The van der Waals surface area contributed by atoms with Crippen molar-refractivity contribution in [2.24, 2.45) is 0 Å². The smallest absolute Gasteiger partial charge is 0.0998 e. The van der Waals surface area contributed by atoms with Crippen LogP contribution in [0.2, 0.25) is 0 Å². The molecule has 0 unspecified atom stereocenters. The van der Waals surface area contributed by atoms with Crippen LogP contribution in [-0.4, -0.2) is 0 Å². The van der Waals surface area contributed by atoms with Gasteiger partial charge < -0.3 is 0 Å². The second-order valence-electron chi connectivity index (χ2n) is 3.61. The van der Waals surface area contributed by atoms with Gasteiger partial charge in [-0.25, -0.2) is 0 Å². The van der Waals surface area contributed by atoms with Gasteiger partial charge in [0, 0.05) is 11.1 Å². The molecule has 2 aromatic carbocycles. The Morgan fingerprint density at radius 3 is 1.67 bits per heavy atom. The van der Waals surface area contributed by atoms with E-state index >= 15 is 0 Å². The Balaban J connectivity index is 2.84. The van der Waals surface area contributed by atoms with Crippen LogP contribution >= 0.6 is 0 Å². The lowest BCUT2D eigenvalue weighted by atomic mass is 9.92. The number of hydrogen-bond donors (Lipinski definition) is 0. The van der Waals surface area contributed by atoms with Crippen LogP contribution in [0.4, 0.5) is 0 Å². The first-order chi connectivity index (χ1) is 8.81. The summed E-state index contributed by atoms with van der Waals surface area (Å²) in [5.41, 5.74) is 2.40. The zero-order valence-electron chi connectivity index (χ0n) is 9.38. The van der Waals surface area contributed by atoms with E-state index in [2.05, 4.69) is 18.2 Å². The van der Waals surface area contributed by atoms with E-state index in [9.17, 15) is 0 Å². The standard InChI is InChI=1S/C15H7N3/c16-8-11-4-1-2-7-14(11)15-12(9-17)5-3-6-13(15)10-18/h1-7H. The summed E-state index contributed by atoms with van der Waals surface area (Å²) in [6.45, 7) is 0. The molecule has 0 saturated heterocycles. The highest BCUT2D eigenvalue weighted by Crippen LogP contribution is 2.29. The van der Waals surface area contributed by atoms with Crippen molar-refractivity contribution in [3.05, 3.63) is 59.2 Å². The Kier molecular flexibility index (Phi) is 3.06. The molecule has 0 fully saturated rings. The minimum atomic E-state index is 0.400. The van der Waals surface area contributed by atoms with Crippen molar-refractivity contribution >= 4 is 0 Å². The molecule has 2 rings (SSSR count). The maximum Gasteiger partial charge on any atom is 0.0998 e. The fraction of sp³-hybridized carbons (Fsp3) is 0. The molecule has 3 heteroatoms. The van der Waals surface area contributed by atoms with Gasteiger partial charge in [-0.3, -0.25) is 0 Å². The van der Waals surface area contributed by atoms with E-state index in [1.54, 1.807) is 42.5 Å². The van der Waals surface area contributed by atoms with Gasteiger partial charge in [0.2, 0.25) is 0 Å². The molecule has 0 bridgehead atoms. The maximum absolute atomic E-state index is 9.12. The van der Waals surface area contributed by atoms with Gasteiger partial charge in [-0.1, -0.05) is 24.3 Å². The molecule has 0 aliphatic rings. The lowest BCUT2D eigenvalue weighted by molar-refractivity contribution is 1.42. The van der Waals surface area contributed by atoms with Crippen molar-refractivity contribution in [1.82, 2.24) is 0 Å². The van der Waals surface area contributed by atoms with Crippen LogP contribution < -0.4 is 0 Å². The summed E-state index contributed by atoms with van der Waals surface area (Å²) < 4.78 is 0. The first kappa shape index (κ1) is 11.4. The third kappa shape index (κ3) is 1.80. The fourth-order valence-corrected chi connectivity index (χ4v) is 1.83. The molecule has 0 aliphatic carbocycles. The van der Waals surface area contributed by atoms with Gasteiger partial charge in [-0.05, 0) is 18.2 Å². The number of nitriles is 3. The average Bonchev–Trinajstić information content (AvgIpc) is 2.46.